The first-order chi connectivity index (χ1) is 16.0. The first-order valence-electron chi connectivity index (χ1n) is 10.1. The highest BCUT2D eigenvalue weighted by atomic mass is 32.2. The molecule has 7 nitrogen and oxygen atoms in total. The number of terminal acetylenes is 1. The number of carbonyl (C=O) groups excluding carboxylic acids is 1. The van der Waals surface area contributed by atoms with E-state index in [2.05, 4.69) is 26.2 Å². The van der Waals surface area contributed by atoms with Gasteiger partial charge in [-0.15, -0.1) is 6.42 Å². The topological polar surface area (TPSA) is 102 Å². The zero-order valence-electron chi connectivity index (χ0n) is 18.0. The van der Waals surface area contributed by atoms with Crippen LogP contribution >= 0.6 is 11.8 Å². The molecule has 4 rings (SSSR count). The van der Waals surface area contributed by atoms with Crippen molar-refractivity contribution < 1.29 is 27.1 Å². The van der Waals surface area contributed by atoms with Crippen molar-refractivity contribution in [1.82, 2.24) is 9.97 Å². The van der Waals surface area contributed by atoms with Gasteiger partial charge in [-0.25, -0.2) is 27.5 Å². The first-order valence-corrected chi connectivity index (χ1v) is 10.9. The summed E-state index contributed by atoms with van der Waals surface area (Å²) in [5, 5.41) is 2.28. The molecule has 12 heteroatoms. The van der Waals surface area contributed by atoms with E-state index in [4.69, 9.17) is 16.9 Å². The summed E-state index contributed by atoms with van der Waals surface area (Å²) in [6.07, 6.45) is 4.65. The van der Waals surface area contributed by atoms with Crippen LogP contribution in [0.4, 0.5) is 23.2 Å². The lowest BCUT2D eigenvalue weighted by molar-refractivity contribution is 0.102. The lowest BCUT2D eigenvalue weighted by Gasteiger charge is -2.34. The molecule has 0 bridgehead atoms. The van der Waals surface area contributed by atoms with Gasteiger partial charge in [0.2, 0.25) is 5.88 Å². The number of halogens is 4. The molecule has 1 aliphatic heterocycles. The van der Waals surface area contributed by atoms with Crippen molar-refractivity contribution in [3.05, 3.63) is 47.4 Å². The summed E-state index contributed by atoms with van der Waals surface area (Å²) in [5.74, 6) is -2.28. The molecule has 1 aromatic carbocycles. The van der Waals surface area contributed by atoms with E-state index in [-0.39, 0.29) is 34.6 Å². The number of nitrogens with zero attached hydrogens (tertiary/aromatic N) is 3. The lowest BCUT2D eigenvalue weighted by atomic mass is 9.84. The second-order valence-electron chi connectivity index (χ2n) is 8.13. The second kappa shape index (κ2) is 8.47. The summed E-state index contributed by atoms with van der Waals surface area (Å²) in [4.78, 5) is 24.6. The zero-order valence-corrected chi connectivity index (χ0v) is 18.8. The summed E-state index contributed by atoms with van der Waals surface area (Å²) in [6.45, 7) is 3.01. The molecular formula is C22H19F4N5O2S. The molecular weight excluding hydrogens is 474 g/mol. The molecule has 1 saturated carbocycles. The number of amidine groups is 1. The normalized spacial score (nSPS) is 27.4. The summed E-state index contributed by atoms with van der Waals surface area (Å²) in [7, 11) is 0. The van der Waals surface area contributed by atoms with Crippen molar-refractivity contribution >= 4 is 28.5 Å². The molecule has 2 aliphatic rings. The number of rotatable bonds is 6. The van der Waals surface area contributed by atoms with Crippen molar-refractivity contribution in [2.75, 3.05) is 11.9 Å². The van der Waals surface area contributed by atoms with Crippen LogP contribution in [-0.4, -0.2) is 38.8 Å². The molecule has 1 fully saturated rings. The number of thioether (sulfide) groups is 1. The fourth-order valence-electron chi connectivity index (χ4n) is 4.60. The van der Waals surface area contributed by atoms with E-state index in [1.165, 1.54) is 19.2 Å². The number of aliphatic imine (C=N–C) groups is 1. The number of aromatic nitrogens is 2. The second-order valence-corrected chi connectivity index (χ2v) is 9.46. The van der Waals surface area contributed by atoms with Crippen LogP contribution in [0.5, 0.6) is 5.88 Å². The van der Waals surface area contributed by atoms with Crippen LogP contribution in [0.3, 0.4) is 0 Å². The Labute approximate surface area is 196 Å². The Morgan fingerprint density at radius 2 is 2.09 bits per heavy atom. The van der Waals surface area contributed by atoms with Crippen LogP contribution in [0.2, 0.25) is 0 Å². The van der Waals surface area contributed by atoms with Crippen molar-refractivity contribution in [1.29, 1.82) is 0 Å². The molecule has 0 saturated heterocycles. The number of fused-ring (bicyclic) bond motifs is 1. The Kier molecular flexibility index (Phi) is 5.93. The van der Waals surface area contributed by atoms with Gasteiger partial charge in [0.1, 0.15) is 5.69 Å². The smallest absolute Gasteiger partial charge is 0.275 e. The molecule has 0 radical (unpaired) electrons. The lowest BCUT2D eigenvalue weighted by Crippen LogP contribution is -2.39. The summed E-state index contributed by atoms with van der Waals surface area (Å²) in [5.41, 5.74) is 3.74. The predicted molar refractivity (Wildman–Crippen MR) is 119 cm³/mol. The number of nitrogens with two attached hydrogens (primary N) is 1. The third kappa shape index (κ3) is 3.73. The van der Waals surface area contributed by atoms with E-state index in [1.54, 1.807) is 6.92 Å². The predicted octanol–water partition coefficient (Wildman–Crippen LogP) is 3.57. The van der Waals surface area contributed by atoms with E-state index in [0.717, 1.165) is 24.0 Å². The van der Waals surface area contributed by atoms with Crippen molar-refractivity contribution in [2.24, 2.45) is 22.6 Å². The molecule has 0 unspecified atom stereocenters. The molecule has 178 valence electrons. The Morgan fingerprint density at radius 3 is 2.71 bits per heavy atom. The molecule has 1 amide bonds. The fourth-order valence-corrected chi connectivity index (χ4v) is 6.10. The number of ether oxygens (including phenoxy) is 1. The van der Waals surface area contributed by atoms with Gasteiger partial charge in [0.25, 0.3) is 12.3 Å². The monoisotopic (exact) mass is 493 g/mol. The van der Waals surface area contributed by atoms with Crippen LogP contribution in [0.1, 0.15) is 29.9 Å². The van der Waals surface area contributed by atoms with Gasteiger partial charge in [-0.05, 0) is 18.9 Å². The number of alkyl halides is 2. The number of nitrogens with one attached hydrogen (secondary N) is 1. The Bertz CT molecular complexity index is 1220. The number of carbonyl (C=O) groups is 1. The minimum atomic E-state index is -2.74. The Morgan fingerprint density at radius 1 is 1.35 bits per heavy atom. The Hall–Kier alpha value is -3.33. The molecule has 1 aromatic heterocycles. The van der Waals surface area contributed by atoms with Gasteiger partial charge in [0.15, 0.2) is 23.4 Å². The van der Waals surface area contributed by atoms with E-state index in [1.807, 2.05) is 0 Å². The number of benzene rings is 1. The summed E-state index contributed by atoms with van der Waals surface area (Å²) >= 11 is 0.760. The van der Waals surface area contributed by atoms with E-state index in [0.29, 0.717) is 0 Å². The fraction of sp³-hybridized carbons (Fsp3) is 0.364. The number of anilines is 1. The number of amides is 1. The van der Waals surface area contributed by atoms with Crippen LogP contribution in [0, 0.1) is 35.8 Å². The average Bonchev–Trinajstić information content (AvgIpc) is 3.41. The number of hydrogen-bond acceptors (Lipinski definition) is 7. The minimum absolute atomic E-state index is 0.0332. The molecule has 4 atom stereocenters. The van der Waals surface area contributed by atoms with Gasteiger partial charge in [0.05, 0.1) is 22.7 Å². The van der Waals surface area contributed by atoms with E-state index < -0.39 is 46.1 Å². The first kappa shape index (κ1) is 23.8. The van der Waals surface area contributed by atoms with Crippen LogP contribution in [-0.2, 0) is 5.54 Å². The van der Waals surface area contributed by atoms with Gasteiger partial charge in [-0.1, -0.05) is 24.6 Å². The van der Waals surface area contributed by atoms with Gasteiger partial charge >= 0.3 is 0 Å². The van der Waals surface area contributed by atoms with E-state index >= 15 is 0 Å². The van der Waals surface area contributed by atoms with E-state index in [9.17, 15) is 22.4 Å². The largest absolute Gasteiger partial charge is 0.463 e. The van der Waals surface area contributed by atoms with Gasteiger partial charge < -0.3 is 15.8 Å². The summed E-state index contributed by atoms with van der Waals surface area (Å²) in [6, 6.07) is 1.95. The van der Waals surface area contributed by atoms with Crippen molar-refractivity contribution in [3.63, 3.8) is 0 Å². The highest BCUT2D eigenvalue weighted by Gasteiger charge is 2.76. The van der Waals surface area contributed by atoms with Crippen LogP contribution < -0.4 is 15.8 Å². The molecule has 2 heterocycles. The average molecular weight is 493 g/mol. The van der Waals surface area contributed by atoms with Gasteiger partial charge in [-0.3, -0.25) is 9.79 Å². The standard InChI is InChI=1S/C22H19F4N5O2S/c1-4-5-33-15-9-28-14(8-29-15)18(32)30-11-6-12(16(24)13(23)7-11)21(3)17-10(2)22(17,19(25)26)34-20(27)31-21/h1,6-10,17,19H,5H2,2-3H3,(H2,27,31)(H,30,32)/t10-,17-,21+,22-/m0/s1. The summed E-state index contributed by atoms with van der Waals surface area (Å²) < 4.78 is 61.0. The van der Waals surface area contributed by atoms with Gasteiger partial charge in [0, 0.05) is 23.2 Å². The molecule has 1 aliphatic carbocycles. The maximum absolute atomic E-state index is 14.9. The SMILES string of the molecule is C#CCOc1cnc(C(=O)Nc2cc(F)c(F)c([C@@]3(C)N=C(N)S[C@]4(C(F)F)[C@H]3[C@@H]4C)c2)cn1. The Balaban J connectivity index is 1.65. The van der Waals surface area contributed by atoms with Crippen LogP contribution in [0.25, 0.3) is 0 Å². The van der Waals surface area contributed by atoms with Crippen molar-refractivity contribution in [3.8, 4) is 18.2 Å². The van der Waals surface area contributed by atoms with Gasteiger partial charge in [-0.2, -0.15) is 0 Å². The van der Waals surface area contributed by atoms with Crippen LogP contribution in [0.15, 0.2) is 29.5 Å². The minimum Gasteiger partial charge on any atom is -0.463 e. The maximum atomic E-state index is 14.9. The zero-order chi connectivity index (χ0) is 24.8. The third-order valence-electron chi connectivity index (χ3n) is 6.15. The third-order valence-corrected chi connectivity index (χ3v) is 7.61. The highest BCUT2D eigenvalue weighted by molar-refractivity contribution is 8.15. The number of hydrogen-bond donors (Lipinski definition) is 2. The molecule has 34 heavy (non-hydrogen) atoms. The molecule has 3 N–H and O–H groups in total. The quantitative estimate of drug-likeness (QED) is 0.471. The van der Waals surface area contributed by atoms with Crippen molar-refractivity contribution in [2.45, 2.75) is 30.6 Å². The molecule has 2 aromatic rings. The molecule has 0 spiro atoms. The highest BCUT2D eigenvalue weighted by Crippen LogP contribution is 2.71. The maximum Gasteiger partial charge on any atom is 0.275 e.